The van der Waals surface area contributed by atoms with Crippen LogP contribution >= 0.6 is 34.7 Å². The van der Waals surface area contributed by atoms with E-state index in [1.165, 1.54) is 28.7 Å². The van der Waals surface area contributed by atoms with Gasteiger partial charge in [0.2, 0.25) is 16.9 Å². The number of thioether (sulfide) groups is 1. The van der Waals surface area contributed by atoms with Gasteiger partial charge in [0.1, 0.15) is 0 Å². The molecule has 1 unspecified atom stereocenters. The van der Waals surface area contributed by atoms with Crippen LogP contribution in [0, 0.1) is 5.92 Å². The van der Waals surface area contributed by atoms with E-state index in [1.807, 2.05) is 54.6 Å². The normalized spacial score (nSPS) is 16.0. The largest absolute Gasteiger partial charge is 0.342 e. The van der Waals surface area contributed by atoms with Crippen molar-refractivity contribution in [1.82, 2.24) is 15.1 Å². The molecule has 3 aromatic rings. The summed E-state index contributed by atoms with van der Waals surface area (Å²) in [6, 6.07) is 17.7. The van der Waals surface area contributed by atoms with Crippen LogP contribution in [0.25, 0.3) is 0 Å². The number of carbonyl (C=O) groups excluding carboxylic acids is 2. The number of benzene rings is 2. The molecular formula is C22H21ClN4O2S2. The summed E-state index contributed by atoms with van der Waals surface area (Å²) >= 11 is 9.02. The van der Waals surface area contributed by atoms with Crippen LogP contribution in [-0.2, 0) is 21.8 Å². The topological polar surface area (TPSA) is 75.2 Å². The Hall–Kier alpha value is -2.42. The second kappa shape index (κ2) is 10.3. The molecule has 6 nitrogen and oxygen atoms in total. The first-order valence-electron chi connectivity index (χ1n) is 9.91. The van der Waals surface area contributed by atoms with Crippen LogP contribution < -0.4 is 5.32 Å². The highest BCUT2D eigenvalue weighted by Crippen LogP contribution is 2.31. The molecule has 0 bridgehead atoms. The highest BCUT2D eigenvalue weighted by Gasteiger charge is 2.34. The van der Waals surface area contributed by atoms with Gasteiger partial charge in [-0.15, -0.1) is 10.2 Å². The van der Waals surface area contributed by atoms with Crippen LogP contribution in [0.5, 0.6) is 0 Å². The second-order valence-corrected chi connectivity index (χ2v) is 9.83. The average Bonchev–Trinajstić information content (AvgIpc) is 3.38. The summed E-state index contributed by atoms with van der Waals surface area (Å²) in [5, 5.41) is 12.2. The molecule has 0 aliphatic carbocycles. The molecular weight excluding hydrogens is 452 g/mol. The van der Waals surface area contributed by atoms with Gasteiger partial charge in [0.15, 0.2) is 4.34 Å². The Morgan fingerprint density at radius 1 is 1.16 bits per heavy atom. The molecule has 160 valence electrons. The van der Waals surface area contributed by atoms with Crippen molar-refractivity contribution >= 4 is 51.6 Å². The molecule has 0 radical (unpaired) electrons. The summed E-state index contributed by atoms with van der Waals surface area (Å²) in [4.78, 5) is 26.7. The van der Waals surface area contributed by atoms with Gasteiger partial charge in [0, 0.05) is 30.3 Å². The lowest BCUT2D eigenvalue weighted by Crippen LogP contribution is -2.30. The van der Waals surface area contributed by atoms with Gasteiger partial charge >= 0.3 is 0 Å². The van der Waals surface area contributed by atoms with Crippen molar-refractivity contribution in [3.8, 4) is 0 Å². The Kier molecular flexibility index (Phi) is 7.21. The van der Waals surface area contributed by atoms with Gasteiger partial charge in [-0.25, -0.2) is 0 Å². The first kappa shape index (κ1) is 21.8. The molecule has 1 aliphatic heterocycles. The maximum atomic E-state index is 12.6. The number of nitrogens with zero attached hydrogens (tertiary/aromatic N) is 3. The number of carbonyl (C=O) groups is 2. The van der Waals surface area contributed by atoms with E-state index in [-0.39, 0.29) is 24.2 Å². The first-order chi connectivity index (χ1) is 15.1. The lowest BCUT2D eigenvalue weighted by molar-refractivity contribution is -0.128. The monoisotopic (exact) mass is 472 g/mol. The molecule has 1 N–H and O–H groups in total. The number of likely N-dealkylation sites (tertiary alicyclic amines) is 1. The maximum absolute atomic E-state index is 12.6. The zero-order chi connectivity index (χ0) is 21.6. The van der Waals surface area contributed by atoms with Crippen LogP contribution in [0.2, 0.25) is 5.02 Å². The standard InChI is InChI=1S/C22H21ClN4O2S2/c23-18-9-5-4-8-16(18)14-30-22-26-25-21(31-22)24-20(29)17-12-19(28)27(13-17)11-10-15-6-2-1-3-7-15/h1-9,17H,10-14H2,(H,24,25,29). The van der Waals surface area contributed by atoms with Gasteiger partial charge < -0.3 is 10.2 Å². The minimum atomic E-state index is -0.369. The molecule has 1 atom stereocenters. The summed E-state index contributed by atoms with van der Waals surface area (Å²) in [7, 11) is 0. The van der Waals surface area contributed by atoms with Crippen LogP contribution in [0.1, 0.15) is 17.5 Å². The van der Waals surface area contributed by atoms with E-state index >= 15 is 0 Å². The lowest BCUT2D eigenvalue weighted by atomic mass is 10.1. The lowest BCUT2D eigenvalue weighted by Gasteiger charge is -2.16. The Balaban J connectivity index is 1.27. The Morgan fingerprint density at radius 2 is 1.94 bits per heavy atom. The quantitative estimate of drug-likeness (QED) is 0.385. The fraction of sp³-hybridized carbons (Fsp3) is 0.273. The van der Waals surface area contributed by atoms with E-state index in [1.54, 1.807) is 4.90 Å². The van der Waals surface area contributed by atoms with Gasteiger partial charge in [-0.2, -0.15) is 0 Å². The number of rotatable bonds is 8. The molecule has 0 spiro atoms. The first-order valence-corrected chi connectivity index (χ1v) is 12.1. The predicted molar refractivity (Wildman–Crippen MR) is 124 cm³/mol. The van der Waals surface area contributed by atoms with E-state index in [0.717, 1.165) is 21.3 Å². The Labute approximate surface area is 194 Å². The molecule has 2 amide bonds. The van der Waals surface area contributed by atoms with E-state index in [4.69, 9.17) is 11.6 Å². The van der Waals surface area contributed by atoms with Crippen LogP contribution in [0.4, 0.5) is 5.13 Å². The number of anilines is 1. The Morgan fingerprint density at radius 3 is 2.74 bits per heavy atom. The Bertz CT molecular complexity index is 1060. The summed E-state index contributed by atoms with van der Waals surface area (Å²) < 4.78 is 0.752. The fourth-order valence-corrected chi connectivity index (χ4v) is 5.39. The van der Waals surface area contributed by atoms with Gasteiger partial charge in [0.25, 0.3) is 0 Å². The van der Waals surface area contributed by atoms with Gasteiger partial charge in [-0.05, 0) is 23.6 Å². The van der Waals surface area contributed by atoms with Crippen molar-refractivity contribution in [1.29, 1.82) is 0 Å². The smallest absolute Gasteiger partial charge is 0.231 e. The highest BCUT2D eigenvalue weighted by molar-refractivity contribution is 8.00. The van der Waals surface area contributed by atoms with Crippen LogP contribution in [0.15, 0.2) is 58.9 Å². The van der Waals surface area contributed by atoms with Crippen molar-refractivity contribution in [3.63, 3.8) is 0 Å². The molecule has 0 saturated carbocycles. The minimum absolute atomic E-state index is 0.0179. The third-order valence-electron chi connectivity index (χ3n) is 5.04. The number of amides is 2. The number of aromatic nitrogens is 2. The second-order valence-electron chi connectivity index (χ2n) is 7.22. The molecule has 2 aromatic carbocycles. The zero-order valence-corrected chi connectivity index (χ0v) is 19.1. The maximum Gasteiger partial charge on any atom is 0.231 e. The van der Waals surface area contributed by atoms with Crippen molar-refractivity contribution in [2.45, 2.75) is 22.9 Å². The number of halogens is 1. The molecule has 1 saturated heterocycles. The minimum Gasteiger partial charge on any atom is -0.342 e. The summed E-state index contributed by atoms with van der Waals surface area (Å²) in [5.41, 5.74) is 2.20. The molecule has 2 heterocycles. The summed E-state index contributed by atoms with van der Waals surface area (Å²) in [5.74, 6) is 0.139. The fourth-order valence-electron chi connectivity index (χ4n) is 3.35. The van der Waals surface area contributed by atoms with Gasteiger partial charge in [0.05, 0.1) is 5.92 Å². The van der Waals surface area contributed by atoms with Crippen LogP contribution in [0.3, 0.4) is 0 Å². The SMILES string of the molecule is O=C(Nc1nnc(SCc2ccccc2Cl)s1)C1CC(=O)N(CCc2ccccc2)C1. The van der Waals surface area contributed by atoms with Crippen LogP contribution in [-0.4, -0.2) is 40.0 Å². The molecule has 1 aromatic heterocycles. The van der Waals surface area contributed by atoms with Crippen molar-refractivity contribution in [2.24, 2.45) is 5.92 Å². The molecule has 1 aliphatic rings. The number of hydrogen-bond acceptors (Lipinski definition) is 6. The third-order valence-corrected chi connectivity index (χ3v) is 7.43. The van der Waals surface area contributed by atoms with Gasteiger partial charge in [-0.1, -0.05) is 83.2 Å². The molecule has 1 fully saturated rings. The summed E-state index contributed by atoms with van der Waals surface area (Å²) in [6.45, 7) is 1.05. The summed E-state index contributed by atoms with van der Waals surface area (Å²) in [6.07, 6.45) is 1.01. The number of hydrogen-bond donors (Lipinski definition) is 1. The van der Waals surface area contributed by atoms with E-state index in [0.29, 0.717) is 24.0 Å². The third kappa shape index (κ3) is 5.84. The average molecular weight is 473 g/mol. The van der Waals surface area contributed by atoms with E-state index in [2.05, 4.69) is 15.5 Å². The molecule has 31 heavy (non-hydrogen) atoms. The zero-order valence-electron chi connectivity index (χ0n) is 16.7. The van der Waals surface area contributed by atoms with Crippen molar-refractivity contribution < 1.29 is 9.59 Å². The molecule has 4 rings (SSSR count). The van der Waals surface area contributed by atoms with E-state index < -0.39 is 0 Å². The van der Waals surface area contributed by atoms with Crippen molar-refractivity contribution in [2.75, 3.05) is 18.4 Å². The van der Waals surface area contributed by atoms with Gasteiger partial charge in [-0.3, -0.25) is 9.59 Å². The van der Waals surface area contributed by atoms with E-state index in [9.17, 15) is 9.59 Å². The van der Waals surface area contributed by atoms with Crippen molar-refractivity contribution in [3.05, 3.63) is 70.7 Å². The molecule has 9 heteroatoms. The number of nitrogens with one attached hydrogen (secondary N) is 1. The highest BCUT2D eigenvalue weighted by atomic mass is 35.5. The predicted octanol–water partition coefficient (Wildman–Crippen LogP) is 4.51.